The van der Waals surface area contributed by atoms with Gasteiger partial charge in [0.05, 0.1) is 39.4 Å². The molecule has 0 unspecified atom stereocenters. The van der Waals surface area contributed by atoms with E-state index in [9.17, 15) is 24.0 Å². The molecule has 1 aliphatic heterocycles. The van der Waals surface area contributed by atoms with Crippen LogP contribution in [0.25, 0.3) is 0 Å². The van der Waals surface area contributed by atoms with E-state index in [4.69, 9.17) is 9.47 Å². The summed E-state index contributed by atoms with van der Waals surface area (Å²) in [5.41, 5.74) is 1.63. The number of aryl methyl sites for hydroxylation is 1. The van der Waals surface area contributed by atoms with Crippen molar-refractivity contribution in [3.05, 3.63) is 42.0 Å². The summed E-state index contributed by atoms with van der Waals surface area (Å²) in [6.07, 6.45) is 3.88. The van der Waals surface area contributed by atoms with Crippen LogP contribution in [0.1, 0.15) is 31.7 Å². The molecule has 0 saturated heterocycles. The number of nitrogens with one attached hydrogen (secondary N) is 2. The van der Waals surface area contributed by atoms with Gasteiger partial charge in [0.25, 0.3) is 11.8 Å². The Labute approximate surface area is 198 Å². The summed E-state index contributed by atoms with van der Waals surface area (Å²) in [5.74, 6) is -0.917. The minimum atomic E-state index is -0.338. The first-order valence-corrected chi connectivity index (χ1v) is 11.2. The number of imide groups is 1. The van der Waals surface area contributed by atoms with Crippen LogP contribution < -0.4 is 10.6 Å². The summed E-state index contributed by atoms with van der Waals surface area (Å²) in [6, 6.07) is 7.26. The zero-order valence-electron chi connectivity index (χ0n) is 19.3. The number of hydrogen-bond donors (Lipinski definition) is 2. The van der Waals surface area contributed by atoms with Crippen molar-refractivity contribution in [2.45, 2.75) is 32.6 Å². The fourth-order valence-corrected chi connectivity index (χ4v) is 3.00. The molecule has 1 heterocycles. The molecule has 1 aromatic rings. The molecule has 0 radical (unpaired) electrons. The maximum Gasteiger partial charge on any atom is 0.253 e. The van der Waals surface area contributed by atoms with Crippen LogP contribution in [-0.2, 0) is 39.9 Å². The predicted molar refractivity (Wildman–Crippen MR) is 124 cm³/mol. The molecule has 4 amide bonds. The van der Waals surface area contributed by atoms with Gasteiger partial charge < -0.3 is 20.1 Å². The van der Waals surface area contributed by atoms with Gasteiger partial charge in [0, 0.05) is 37.2 Å². The van der Waals surface area contributed by atoms with E-state index < -0.39 is 0 Å². The van der Waals surface area contributed by atoms with Gasteiger partial charge in [-0.25, -0.2) is 0 Å². The first-order valence-electron chi connectivity index (χ1n) is 11.2. The number of benzene rings is 1. The average Bonchev–Trinajstić information content (AvgIpc) is 3.12. The molecule has 10 heteroatoms. The largest absolute Gasteiger partial charge is 0.379 e. The highest BCUT2D eigenvalue weighted by Crippen LogP contribution is 2.11. The average molecular weight is 474 g/mol. The zero-order chi connectivity index (χ0) is 24.8. The number of ketones is 1. The number of carbonyl (C=O) groups excluding carboxylic acids is 5. The normalized spacial score (nSPS) is 12.8. The molecule has 1 aromatic carbocycles. The third-order valence-electron chi connectivity index (χ3n) is 4.88. The van der Waals surface area contributed by atoms with Gasteiger partial charge in [-0.05, 0) is 31.0 Å². The molecule has 0 fully saturated rings. The SMILES string of the molecule is CC(=O)CCNC(=O)CCc1ccc(NC(=O)CCOCCOCCN2C(=O)C=CC2=O)cc1. The monoisotopic (exact) mass is 473 g/mol. The minimum absolute atomic E-state index is 0.0410. The van der Waals surface area contributed by atoms with Gasteiger partial charge in [0.2, 0.25) is 11.8 Å². The van der Waals surface area contributed by atoms with Crippen LogP contribution >= 0.6 is 0 Å². The van der Waals surface area contributed by atoms with E-state index in [0.717, 1.165) is 10.5 Å². The lowest BCUT2D eigenvalue weighted by molar-refractivity contribution is -0.137. The second-order valence-electron chi connectivity index (χ2n) is 7.68. The molecule has 0 saturated carbocycles. The van der Waals surface area contributed by atoms with E-state index in [-0.39, 0.29) is 55.6 Å². The predicted octanol–water partition coefficient (Wildman–Crippen LogP) is 1.00. The summed E-state index contributed by atoms with van der Waals surface area (Å²) in [6.45, 7) is 3.09. The van der Waals surface area contributed by atoms with Crippen molar-refractivity contribution in [2.24, 2.45) is 0 Å². The van der Waals surface area contributed by atoms with Gasteiger partial charge in [-0.1, -0.05) is 12.1 Å². The lowest BCUT2D eigenvalue weighted by atomic mass is 10.1. The molecular weight excluding hydrogens is 442 g/mol. The topological polar surface area (TPSA) is 131 Å². The van der Waals surface area contributed by atoms with E-state index in [0.29, 0.717) is 44.7 Å². The van der Waals surface area contributed by atoms with Crippen LogP contribution in [-0.4, -0.2) is 73.8 Å². The van der Waals surface area contributed by atoms with Crippen molar-refractivity contribution in [3.63, 3.8) is 0 Å². The molecule has 0 aromatic heterocycles. The summed E-state index contributed by atoms with van der Waals surface area (Å²) in [5, 5.41) is 5.50. The molecule has 0 atom stereocenters. The molecule has 0 bridgehead atoms. The van der Waals surface area contributed by atoms with Gasteiger partial charge in [0.15, 0.2) is 0 Å². The quantitative estimate of drug-likeness (QED) is 0.270. The third-order valence-corrected chi connectivity index (χ3v) is 4.88. The van der Waals surface area contributed by atoms with Crippen LogP contribution in [0.15, 0.2) is 36.4 Å². The Kier molecular flexibility index (Phi) is 11.6. The lowest BCUT2D eigenvalue weighted by Gasteiger charge is -2.13. The number of ether oxygens (including phenoxy) is 2. The van der Waals surface area contributed by atoms with Gasteiger partial charge >= 0.3 is 0 Å². The smallest absolute Gasteiger partial charge is 0.253 e. The van der Waals surface area contributed by atoms with Crippen molar-refractivity contribution in [1.29, 1.82) is 0 Å². The Morgan fingerprint density at radius 3 is 2.12 bits per heavy atom. The number of Topliss-reactive ketones (excluding diaryl/α,β-unsaturated/α-hetero) is 1. The molecule has 184 valence electrons. The molecular formula is C24H31N3O7. The summed E-state index contributed by atoms with van der Waals surface area (Å²) in [7, 11) is 0. The number of anilines is 1. The minimum Gasteiger partial charge on any atom is -0.379 e. The van der Waals surface area contributed by atoms with E-state index in [1.54, 1.807) is 12.1 Å². The maximum atomic E-state index is 12.0. The van der Waals surface area contributed by atoms with E-state index in [1.165, 1.54) is 19.1 Å². The molecule has 0 spiro atoms. The zero-order valence-corrected chi connectivity index (χ0v) is 19.3. The van der Waals surface area contributed by atoms with Crippen molar-refractivity contribution < 1.29 is 33.4 Å². The second-order valence-corrected chi connectivity index (χ2v) is 7.68. The number of hydrogen-bond acceptors (Lipinski definition) is 7. The van der Waals surface area contributed by atoms with Crippen molar-refractivity contribution >= 4 is 35.1 Å². The van der Waals surface area contributed by atoms with Crippen LogP contribution in [0.5, 0.6) is 0 Å². The van der Waals surface area contributed by atoms with Crippen LogP contribution in [0.2, 0.25) is 0 Å². The Hall–Kier alpha value is -3.37. The van der Waals surface area contributed by atoms with Crippen LogP contribution in [0, 0.1) is 0 Å². The second kappa shape index (κ2) is 14.7. The first-order chi connectivity index (χ1) is 16.3. The fraction of sp³-hybridized carbons (Fsp3) is 0.458. The van der Waals surface area contributed by atoms with E-state index >= 15 is 0 Å². The van der Waals surface area contributed by atoms with E-state index in [1.807, 2.05) is 12.1 Å². The highest BCUT2D eigenvalue weighted by atomic mass is 16.5. The van der Waals surface area contributed by atoms with E-state index in [2.05, 4.69) is 10.6 Å². The van der Waals surface area contributed by atoms with Gasteiger partial charge in [-0.3, -0.25) is 28.9 Å². The van der Waals surface area contributed by atoms with Crippen molar-refractivity contribution in [1.82, 2.24) is 10.2 Å². The van der Waals surface area contributed by atoms with Gasteiger partial charge in [-0.2, -0.15) is 0 Å². The summed E-state index contributed by atoms with van der Waals surface area (Å²) >= 11 is 0. The fourth-order valence-electron chi connectivity index (χ4n) is 3.00. The van der Waals surface area contributed by atoms with Crippen LogP contribution in [0.3, 0.4) is 0 Å². The molecule has 2 N–H and O–H groups in total. The highest BCUT2D eigenvalue weighted by molar-refractivity contribution is 6.12. The Bertz CT molecular complexity index is 878. The molecule has 0 aliphatic carbocycles. The van der Waals surface area contributed by atoms with Crippen LogP contribution in [0.4, 0.5) is 5.69 Å². The summed E-state index contributed by atoms with van der Waals surface area (Å²) in [4.78, 5) is 58.5. The molecule has 1 aliphatic rings. The number of amides is 4. The molecule has 34 heavy (non-hydrogen) atoms. The Morgan fingerprint density at radius 2 is 1.47 bits per heavy atom. The Balaban J connectivity index is 1.50. The summed E-state index contributed by atoms with van der Waals surface area (Å²) < 4.78 is 10.7. The third kappa shape index (κ3) is 10.5. The molecule has 10 nitrogen and oxygen atoms in total. The number of carbonyl (C=O) groups is 5. The maximum absolute atomic E-state index is 12.0. The molecule has 2 rings (SSSR count). The number of nitrogens with zero attached hydrogens (tertiary/aromatic N) is 1. The lowest BCUT2D eigenvalue weighted by Crippen LogP contribution is -2.33. The van der Waals surface area contributed by atoms with Crippen molar-refractivity contribution in [3.8, 4) is 0 Å². The standard InChI is InChI=1S/C24H31N3O7/c1-18(28)10-12-25-21(29)7-4-19-2-5-20(6-3-19)26-22(30)11-14-33-16-17-34-15-13-27-23(31)8-9-24(27)32/h2-3,5-6,8-9H,4,7,10-17H2,1H3,(H,25,29)(H,26,30). The van der Waals surface area contributed by atoms with Gasteiger partial charge in [0.1, 0.15) is 5.78 Å². The van der Waals surface area contributed by atoms with Gasteiger partial charge in [-0.15, -0.1) is 0 Å². The first kappa shape index (κ1) is 26.9. The van der Waals surface area contributed by atoms with Crippen molar-refractivity contribution in [2.75, 3.05) is 44.8 Å². The number of rotatable bonds is 16. The Morgan fingerprint density at radius 1 is 0.824 bits per heavy atom. The highest BCUT2D eigenvalue weighted by Gasteiger charge is 2.22.